The van der Waals surface area contributed by atoms with Crippen molar-refractivity contribution in [3.63, 3.8) is 0 Å². The van der Waals surface area contributed by atoms with E-state index in [1.165, 1.54) is 24.6 Å². The van der Waals surface area contributed by atoms with Gasteiger partial charge < -0.3 is 5.32 Å². The SMILES string of the molecule is CC1CCC(NCc2c(F)cccc2F)CC1C. The van der Waals surface area contributed by atoms with E-state index in [-0.39, 0.29) is 12.1 Å². The lowest BCUT2D eigenvalue weighted by Gasteiger charge is -2.32. The number of halogens is 2. The third kappa shape index (κ3) is 3.08. The van der Waals surface area contributed by atoms with Crippen LogP contribution >= 0.6 is 0 Å². The number of nitrogens with one attached hydrogen (secondary N) is 1. The zero-order valence-electron chi connectivity index (χ0n) is 11.0. The van der Waals surface area contributed by atoms with E-state index in [4.69, 9.17) is 0 Å². The molecule has 0 aromatic heterocycles. The van der Waals surface area contributed by atoms with Gasteiger partial charge in [-0.05, 0) is 43.2 Å². The van der Waals surface area contributed by atoms with Gasteiger partial charge in [-0.25, -0.2) is 8.78 Å². The lowest BCUT2D eigenvalue weighted by Crippen LogP contribution is -2.36. The Morgan fingerprint density at radius 3 is 2.39 bits per heavy atom. The Bertz CT molecular complexity index is 385. The average Bonchev–Trinajstić information content (AvgIpc) is 2.33. The molecule has 0 saturated heterocycles. The highest BCUT2D eigenvalue weighted by Gasteiger charge is 2.24. The van der Waals surface area contributed by atoms with Crippen LogP contribution in [-0.4, -0.2) is 6.04 Å². The molecule has 1 aromatic carbocycles. The van der Waals surface area contributed by atoms with E-state index in [2.05, 4.69) is 19.2 Å². The molecular weight excluding hydrogens is 232 g/mol. The number of hydrogen-bond donors (Lipinski definition) is 1. The van der Waals surface area contributed by atoms with Crippen molar-refractivity contribution in [3.8, 4) is 0 Å². The zero-order valence-corrected chi connectivity index (χ0v) is 11.0. The van der Waals surface area contributed by atoms with E-state index in [9.17, 15) is 8.78 Å². The molecule has 1 N–H and O–H groups in total. The van der Waals surface area contributed by atoms with Crippen LogP contribution in [0.5, 0.6) is 0 Å². The van der Waals surface area contributed by atoms with Crippen molar-refractivity contribution in [3.05, 3.63) is 35.4 Å². The Hall–Kier alpha value is -0.960. The van der Waals surface area contributed by atoms with Crippen molar-refractivity contribution in [2.24, 2.45) is 11.8 Å². The molecule has 3 heteroatoms. The number of hydrogen-bond acceptors (Lipinski definition) is 1. The third-order valence-corrected chi connectivity index (χ3v) is 4.23. The summed E-state index contributed by atoms with van der Waals surface area (Å²) in [5, 5.41) is 3.29. The predicted molar refractivity (Wildman–Crippen MR) is 69.2 cm³/mol. The molecule has 1 aliphatic rings. The minimum atomic E-state index is -0.459. The average molecular weight is 253 g/mol. The Morgan fingerprint density at radius 1 is 1.11 bits per heavy atom. The maximum absolute atomic E-state index is 13.5. The fraction of sp³-hybridized carbons (Fsp3) is 0.600. The monoisotopic (exact) mass is 253 g/mol. The van der Waals surface area contributed by atoms with Crippen molar-refractivity contribution in [1.82, 2.24) is 5.32 Å². The molecular formula is C15H21F2N. The van der Waals surface area contributed by atoms with Crippen molar-refractivity contribution in [1.29, 1.82) is 0 Å². The van der Waals surface area contributed by atoms with E-state index in [1.807, 2.05) is 0 Å². The van der Waals surface area contributed by atoms with Gasteiger partial charge in [0.25, 0.3) is 0 Å². The van der Waals surface area contributed by atoms with Crippen molar-refractivity contribution in [2.45, 2.75) is 45.7 Å². The van der Waals surface area contributed by atoms with Crippen molar-refractivity contribution < 1.29 is 8.78 Å². The van der Waals surface area contributed by atoms with Crippen LogP contribution in [0.4, 0.5) is 8.78 Å². The highest BCUT2D eigenvalue weighted by molar-refractivity contribution is 5.19. The summed E-state index contributed by atoms with van der Waals surface area (Å²) in [5.74, 6) is 0.523. The first-order chi connectivity index (χ1) is 8.58. The second-order valence-electron chi connectivity index (χ2n) is 5.55. The van der Waals surface area contributed by atoms with Crippen LogP contribution in [0.15, 0.2) is 18.2 Å². The number of benzene rings is 1. The van der Waals surface area contributed by atoms with Gasteiger partial charge in [0, 0.05) is 18.2 Å². The molecule has 0 heterocycles. The topological polar surface area (TPSA) is 12.0 Å². The van der Waals surface area contributed by atoms with Crippen LogP contribution in [0.1, 0.15) is 38.7 Å². The molecule has 100 valence electrons. The van der Waals surface area contributed by atoms with Crippen LogP contribution in [-0.2, 0) is 6.54 Å². The molecule has 1 fully saturated rings. The Morgan fingerprint density at radius 2 is 1.78 bits per heavy atom. The molecule has 1 saturated carbocycles. The summed E-state index contributed by atoms with van der Waals surface area (Å²) in [5.41, 5.74) is 0.156. The van der Waals surface area contributed by atoms with E-state index in [0.717, 1.165) is 18.8 Å². The van der Waals surface area contributed by atoms with Crippen LogP contribution in [0.3, 0.4) is 0 Å². The molecule has 0 spiro atoms. The first kappa shape index (κ1) is 13.5. The first-order valence-electron chi connectivity index (χ1n) is 6.74. The molecule has 2 rings (SSSR count). The van der Waals surface area contributed by atoms with Crippen LogP contribution in [0.2, 0.25) is 0 Å². The number of rotatable bonds is 3. The molecule has 1 aromatic rings. The molecule has 1 nitrogen and oxygen atoms in total. The van der Waals surface area contributed by atoms with Gasteiger partial charge in [-0.3, -0.25) is 0 Å². The second kappa shape index (κ2) is 5.79. The fourth-order valence-corrected chi connectivity index (χ4v) is 2.68. The van der Waals surface area contributed by atoms with Gasteiger partial charge in [-0.15, -0.1) is 0 Å². The van der Waals surface area contributed by atoms with Gasteiger partial charge >= 0.3 is 0 Å². The standard InChI is InChI=1S/C15H21F2N/c1-10-6-7-12(8-11(10)2)18-9-13-14(16)4-3-5-15(13)17/h3-5,10-12,18H,6-9H2,1-2H3. The fourth-order valence-electron chi connectivity index (χ4n) is 2.68. The third-order valence-electron chi connectivity index (χ3n) is 4.23. The first-order valence-corrected chi connectivity index (χ1v) is 6.74. The summed E-state index contributed by atoms with van der Waals surface area (Å²) < 4.78 is 26.9. The molecule has 0 amide bonds. The van der Waals surface area contributed by atoms with E-state index in [1.54, 1.807) is 0 Å². The van der Waals surface area contributed by atoms with E-state index in [0.29, 0.717) is 12.0 Å². The maximum Gasteiger partial charge on any atom is 0.130 e. The largest absolute Gasteiger partial charge is 0.310 e. The highest BCUT2D eigenvalue weighted by atomic mass is 19.1. The summed E-state index contributed by atoms with van der Waals surface area (Å²) in [7, 11) is 0. The molecule has 3 unspecified atom stereocenters. The lowest BCUT2D eigenvalue weighted by atomic mass is 9.79. The summed E-state index contributed by atoms with van der Waals surface area (Å²) >= 11 is 0. The summed E-state index contributed by atoms with van der Waals surface area (Å²) in [6.45, 7) is 4.81. The van der Waals surface area contributed by atoms with Gasteiger partial charge in [0.15, 0.2) is 0 Å². The van der Waals surface area contributed by atoms with E-state index < -0.39 is 11.6 Å². The smallest absolute Gasteiger partial charge is 0.130 e. The van der Waals surface area contributed by atoms with Gasteiger partial charge in [-0.2, -0.15) is 0 Å². The maximum atomic E-state index is 13.5. The normalized spacial score (nSPS) is 28.3. The van der Waals surface area contributed by atoms with Crippen LogP contribution in [0, 0.1) is 23.5 Å². The molecule has 3 atom stereocenters. The van der Waals surface area contributed by atoms with E-state index >= 15 is 0 Å². The summed E-state index contributed by atoms with van der Waals surface area (Å²) in [4.78, 5) is 0. The zero-order chi connectivity index (χ0) is 13.1. The van der Waals surface area contributed by atoms with Crippen molar-refractivity contribution in [2.75, 3.05) is 0 Å². The van der Waals surface area contributed by atoms with Crippen LogP contribution in [0.25, 0.3) is 0 Å². The minimum Gasteiger partial charge on any atom is -0.310 e. The van der Waals surface area contributed by atoms with Gasteiger partial charge in [0.2, 0.25) is 0 Å². The molecule has 1 aliphatic carbocycles. The summed E-state index contributed by atoms with van der Waals surface area (Å²) in [6, 6.07) is 4.41. The molecule has 18 heavy (non-hydrogen) atoms. The summed E-state index contributed by atoms with van der Waals surface area (Å²) in [6.07, 6.45) is 3.39. The molecule has 0 aliphatic heterocycles. The van der Waals surface area contributed by atoms with Crippen LogP contribution < -0.4 is 5.32 Å². The molecule has 0 radical (unpaired) electrons. The van der Waals surface area contributed by atoms with Gasteiger partial charge in [0.1, 0.15) is 11.6 Å². The molecule has 0 bridgehead atoms. The van der Waals surface area contributed by atoms with Crippen molar-refractivity contribution >= 4 is 0 Å². The van der Waals surface area contributed by atoms with Gasteiger partial charge in [0.05, 0.1) is 0 Å². The Labute approximate surface area is 108 Å². The minimum absolute atomic E-state index is 0.156. The highest BCUT2D eigenvalue weighted by Crippen LogP contribution is 2.29. The second-order valence-corrected chi connectivity index (χ2v) is 5.55. The predicted octanol–water partition coefficient (Wildman–Crippen LogP) is 3.88. The quantitative estimate of drug-likeness (QED) is 0.862. The lowest BCUT2D eigenvalue weighted by molar-refractivity contribution is 0.224. The Kier molecular flexibility index (Phi) is 4.33. The Balaban J connectivity index is 1.92. The van der Waals surface area contributed by atoms with Gasteiger partial charge in [-0.1, -0.05) is 19.9 Å².